The molecule has 3 nitrogen and oxygen atoms in total. The minimum atomic E-state index is 0.584. The zero-order valence-corrected chi connectivity index (χ0v) is 15.6. The number of aromatic nitrogens is 2. The second-order valence-electron chi connectivity index (χ2n) is 5.33. The van der Waals surface area contributed by atoms with Gasteiger partial charge in [0.15, 0.2) is 5.82 Å². The first kappa shape index (κ1) is 15.2. The zero-order chi connectivity index (χ0) is 14.8. The molecular formula is C16H17BrIN3. The van der Waals surface area contributed by atoms with Crippen molar-refractivity contribution in [2.24, 2.45) is 0 Å². The lowest BCUT2D eigenvalue weighted by Crippen LogP contribution is -2.08. The van der Waals surface area contributed by atoms with Crippen molar-refractivity contribution >= 4 is 44.3 Å². The van der Waals surface area contributed by atoms with E-state index < -0.39 is 0 Å². The fourth-order valence-corrected chi connectivity index (χ4v) is 4.04. The Bertz CT molecular complexity index is 637. The molecule has 0 aliphatic heterocycles. The molecule has 1 N–H and O–H groups in total. The van der Waals surface area contributed by atoms with Crippen LogP contribution >= 0.6 is 38.5 Å². The van der Waals surface area contributed by atoms with Crippen LogP contribution in [0.15, 0.2) is 28.7 Å². The predicted octanol–water partition coefficient (Wildman–Crippen LogP) is 5.21. The summed E-state index contributed by atoms with van der Waals surface area (Å²) in [6.07, 6.45) is 5.12. The molecule has 1 aliphatic rings. The molecule has 1 aliphatic carbocycles. The van der Waals surface area contributed by atoms with Crippen LogP contribution in [0.4, 0.5) is 5.82 Å². The maximum Gasteiger partial charge on any atom is 0.161 e. The van der Waals surface area contributed by atoms with E-state index in [9.17, 15) is 0 Å². The smallest absolute Gasteiger partial charge is 0.161 e. The van der Waals surface area contributed by atoms with Gasteiger partial charge < -0.3 is 5.32 Å². The summed E-state index contributed by atoms with van der Waals surface area (Å²) in [6, 6.07) is 8.18. The Morgan fingerprint density at radius 3 is 2.43 bits per heavy atom. The Kier molecular flexibility index (Phi) is 4.78. The molecule has 0 radical (unpaired) electrons. The monoisotopic (exact) mass is 457 g/mol. The van der Waals surface area contributed by atoms with Gasteiger partial charge in [-0.1, -0.05) is 40.9 Å². The molecule has 3 rings (SSSR count). The Morgan fingerprint density at radius 1 is 1.14 bits per heavy atom. The minimum Gasteiger partial charge on any atom is -0.372 e. The Morgan fingerprint density at radius 2 is 1.81 bits per heavy atom. The number of nitrogens with zero attached hydrogens (tertiary/aromatic N) is 2. The second-order valence-corrected chi connectivity index (χ2v) is 7.33. The molecule has 0 amide bonds. The first-order valence-electron chi connectivity index (χ1n) is 7.20. The van der Waals surface area contributed by atoms with Crippen molar-refractivity contribution in [3.05, 3.63) is 38.0 Å². The van der Waals surface area contributed by atoms with Crippen LogP contribution < -0.4 is 5.32 Å². The van der Waals surface area contributed by atoms with Gasteiger partial charge in [0.05, 0.1) is 9.26 Å². The van der Waals surface area contributed by atoms with Crippen molar-refractivity contribution < 1.29 is 0 Å². The third-order valence-electron chi connectivity index (χ3n) is 3.96. The van der Waals surface area contributed by atoms with Crippen molar-refractivity contribution in [2.45, 2.75) is 31.6 Å². The highest BCUT2D eigenvalue weighted by atomic mass is 127. The molecule has 0 atom stereocenters. The van der Waals surface area contributed by atoms with Crippen LogP contribution in [-0.4, -0.2) is 17.0 Å². The van der Waals surface area contributed by atoms with E-state index >= 15 is 0 Å². The van der Waals surface area contributed by atoms with E-state index in [0.29, 0.717) is 5.92 Å². The summed E-state index contributed by atoms with van der Waals surface area (Å²) in [5.74, 6) is 2.33. The highest BCUT2D eigenvalue weighted by Crippen LogP contribution is 2.37. The van der Waals surface area contributed by atoms with Crippen LogP contribution in [0.1, 0.15) is 37.3 Å². The van der Waals surface area contributed by atoms with Gasteiger partial charge in [0.1, 0.15) is 5.82 Å². The SMILES string of the molecule is CNc1nc(-c2ccc(Br)cc2)nc(C2CCCC2)c1I. The predicted molar refractivity (Wildman–Crippen MR) is 98.6 cm³/mol. The molecule has 1 heterocycles. The van der Waals surface area contributed by atoms with Crippen LogP contribution in [-0.2, 0) is 0 Å². The number of nitrogens with one attached hydrogen (secondary N) is 1. The lowest BCUT2D eigenvalue weighted by molar-refractivity contribution is 0.691. The van der Waals surface area contributed by atoms with Gasteiger partial charge in [-0.25, -0.2) is 9.97 Å². The molecular weight excluding hydrogens is 441 g/mol. The first-order valence-corrected chi connectivity index (χ1v) is 9.07. The highest BCUT2D eigenvalue weighted by molar-refractivity contribution is 14.1. The van der Waals surface area contributed by atoms with E-state index in [1.807, 2.05) is 19.2 Å². The van der Waals surface area contributed by atoms with Crippen LogP contribution in [0.25, 0.3) is 11.4 Å². The molecule has 1 aromatic carbocycles. The highest BCUT2D eigenvalue weighted by Gasteiger charge is 2.23. The Balaban J connectivity index is 2.08. The topological polar surface area (TPSA) is 37.8 Å². The summed E-state index contributed by atoms with van der Waals surface area (Å²) < 4.78 is 2.24. The normalized spacial score (nSPS) is 15.4. The zero-order valence-electron chi connectivity index (χ0n) is 11.9. The van der Waals surface area contributed by atoms with Crippen LogP contribution in [0.2, 0.25) is 0 Å². The van der Waals surface area contributed by atoms with Crippen molar-refractivity contribution in [2.75, 3.05) is 12.4 Å². The first-order chi connectivity index (χ1) is 10.2. The maximum absolute atomic E-state index is 4.89. The Hall–Kier alpha value is -0.690. The average Bonchev–Trinajstić information content (AvgIpc) is 3.02. The van der Waals surface area contributed by atoms with Gasteiger partial charge in [0.25, 0.3) is 0 Å². The quantitative estimate of drug-likeness (QED) is 0.643. The molecule has 0 saturated heterocycles. The van der Waals surface area contributed by atoms with Crippen LogP contribution in [0.3, 0.4) is 0 Å². The fourth-order valence-electron chi connectivity index (χ4n) is 2.83. The molecule has 0 unspecified atom stereocenters. The number of benzene rings is 1. The molecule has 0 spiro atoms. The van der Waals surface area contributed by atoms with Gasteiger partial charge >= 0.3 is 0 Å². The molecule has 0 bridgehead atoms. The maximum atomic E-state index is 4.89. The van der Waals surface area contributed by atoms with E-state index in [4.69, 9.17) is 4.98 Å². The largest absolute Gasteiger partial charge is 0.372 e. The van der Waals surface area contributed by atoms with Crippen LogP contribution in [0, 0.1) is 3.57 Å². The molecule has 5 heteroatoms. The average molecular weight is 458 g/mol. The fraction of sp³-hybridized carbons (Fsp3) is 0.375. The molecule has 1 saturated carbocycles. The lowest BCUT2D eigenvalue weighted by Gasteiger charge is -2.15. The van der Waals surface area contributed by atoms with Crippen molar-refractivity contribution in [1.29, 1.82) is 0 Å². The van der Waals surface area contributed by atoms with Gasteiger partial charge in [-0.15, -0.1) is 0 Å². The van der Waals surface area contributed by atoms with E-state index in [2.05, 4.69) is 61.0 Å². The van der Waals surface area contributed by atoms with Gasteiger partial charge in [-0.05, 0) is 47.6 Å². The minimum absolute atomic E-state index is 0.584. The van der Waals surface area contributed by atoms with Crippen LogP contribution in [0.5, 0.6) is 0 Å². The number of anilines is 1. The molecule has 1 aromatic heterocycles. The van der Waals surface area contributed by atoms with Crippen molar-refractivity contribution in [1.82, 2.24) is 9.97 Å². The molecule has 21 heavy (non-hydrogen) atoms. The summed E-state index contributed by atoms with van der Waals surface area (Å²) in [5, 5.41) is 3.21. The van der Waals surface area contributed by atoms with Crippen molar-refractivity contribution in [3.63, 3.8) is 0 Å². The number of hydrogen-bond acceptors (Lipinski definition) is 3. The van der Waals surface area contributed by atoms with E-state index in [0.717, 1.165) is 21.7 Å². The number of halogens is 2. The summed E-state index contributed by atoms with van der Waals surface area (Å²) in [7, 11) is 1.92. The van der Waals surface area contributed by atoms with Gasteiger partial charge in [0.2, 0.25) is 0 Å². The number of rotatable bonds is 3. The van der Waals surface area contributed by atoms with E-state index in [1.54, 1.807) is 0 Å². The molecule has 1 fully saturated rings. The summed E-state index contributed by atoms with van der Waals surface area (Å²) >= 11 is 5.85. The van der Waals surface area contributed by atoms with E-state index in [1.165, 1.54) is 34.9 Å². The standard InChI is InChI=1S/C16H17BrIN3/c1-19-16-13(18)14(10-4-2-3-5-10)20-15(21-16)11-6-8-12(17)9-7-11/h6-10H,2-5H2,1H3,(H,19,20,21). The summed E-state index contributed by atoms with van der Waals surface area (Å²) in [4.78, 5) is 9.57. The summed E-state index contributed by atoms with van der Waals surface area (Å²) in [6.45, 7) is 0. The molecule has 2 aromatic rings. The lowest BCUT2D eigenvalue weighted by atomic mass is 10.0. The number of hydrogen-bond donors (Lipinski definition) is 1. The van der Waals surface area contributed by atoms with Gasteiger partial charge in [0, 0.05) is 23.0 Å². The molecule has 110 valence electrons. The van der Waals surface area contributed by atoms with Crippen molar-refractivity contribution in [3.8, 4) is 11.4 Å². The summed E-state index contributed by atoms with van der Waals surface area (Å²) in [5.41, 5.74) is 2.27. The second kappa shape index (κ2) is 6.60. The van der Waals surface area contributed by atoms with E-state index in [-0.39, 0.29) is 0 Å². The van der Waals surface area contributed by atoms with Gasteiger partial charge in [-0.2, -0.15) is 0 Å². The Labute approximate surface area is 147 Å². The third kappa shape index (κ3) is 3.23. The third-order valence-corrected chi connectivity index (χ3v) is 5.55. The van der Waals surface area contributed by atoms with Gasteiger partial charge in [-0.3, -0.25) is 0 Å².